The Bertz CT molecular complexity index is 993. The van der Waals surface area contributed by atoms with Crippen molar-refractivity contribution in [2.75, 3.05) is 18.5 Å². The van der Waals surface area contributed by atoms with Gasteiger partial charge in [0.15, 0.2) is 0 Å². The van der Waals surface area contributed by atoms with Crippen molar-refractivity contribution in [3.8, 4) is 17.1 Å². The molecule has 0 bridgehead atoms. The van der Waals surface area contributed by atoms with Crippen LogP contribution in [0, 0.1) is 11.2 Å². The first kappa shape index (κ1) is 19.3. The number of rotatable bonds is 6. The summed E-state index contributed by atoms with van der Waals surface area (Å²) in [6, 6.07) is 12.2. The number of hydrogen-bond acceptors (Lipinski definition) is 5. The van der Waals surface area contributed by atoms with Crippen LogP contribution in [0.2, 0.25) is 0 Å². The number of halogens is 1. The molecule has 2 aromatic heterocycles. The normalized spacial score (nSPS) is 14.7. The summed E-state index contributed by atoms with van der Waals surface area (Å²) < 4.78 is 20.5. The molecule has 6 nitrogen and oxygen atoms in total. The van der Waals surface area contributed by atoms with Crippen molar-refractivity contribution in [3.05, 3.63) is 60.0 Å². The molecule has 1 aromatic carbocycles. The van der Waals surface area contributed by atoms with E-state index in [1.165, 1.54) is 12.1 Å². The van der Waals surface area contributed by atoms with Crippen LogP contribution in [0.25, 0.3) is 17.1 Å². The van der Waals surface area contributed by atoms with Gasteiger partial charge in [0.2, 0.25) is 0 Å². The predicted molar refractivity (Wildman–Crippen MR) is 111 cm³/mol. The third kappa shape index (κ3) is 4.19. The molecule has 1 aliphatic heterocycles. The van der Waals surface area contributed by atoms with Gasteiger partial charge in [-0.25, -0.2) is 14.1 Å². The molecule has 1 aliphatic rings. The van der Waals surface area contributed by atoms with Gasteiger partial charge in [0, 0.05) is 30.5 Å². The molecule has 3 heterocycles. The van der Waals surface area contributed by atoms with Crippen LogP contribution in [0.15, 0.2) is 48.7 Å². The third-order valence-electron chi connectivity index (χ3n) is 5.11. The molecule has 1 saturated heterocycles. The van der Waals surface area contributed by atoms with E-state index in [0.717, 1.165) is 48.7 Å². The van der Waals surface area contributed by atoms with Crippen molar-refractivity contribution in [1.29, 1.82) is 5.41 Å². The molecule has 4 rings (SSSR count). The molecule has 0 amide bonds. The Morgan fingerprint density at radius 1 is 1.17 bits per heavy atom. The van der Waals surface area contributed by atoms with E-state index in [4.69, 9.17) is 15.1 Å². The summed E-state index contributed by atoms with van der Waals surface area (Å²) in [6.45, 7) is 3.43. The Kier molecular flexibility index (Phi) is 5.67. The van der Waals surface area contributed by atoms with Gasteiger partial charge >= 0.3 is 0 Å². The maximum absolute atomic E-state index is 13.3. The van der Waals surface area contributed by atoms with Crippen LogP contribution >= 0.6 is 0 Å². The molecule has 7 heteroatoms. The van der Waals surface area contributed by atoms with Crippen LogP contribution in [0.4, 0.5) is 10.2 Å². The molecule has 1 fully saturated rings. The Balaban J connectivity index is 1.71. The largest absolute Gasteiger partial charge is 0.381 e. The van der Waals surface area contributed by atoms with Crippen LogP contribution in [0.5, 0.6) is 0 Å². The summed E-state index contributed by atoms with van der Waals surface area (Å²) in [7, 11) is 0. The van der Waals surface area contributed by atoms with Crippen LogP contribution < -0.4 is 5.32 Å². The summed E-state index contributed by atoms with van der Waals surface area (Å²) in [5.74, 6) is 0.430. The third-order valence-corrected chi connectivity index (χ3v) is 5.11. The summed E-state index contributed by atoms with van der Waals surface area (Å²) in [5, 5.41) is 16.2. The maximum atomic E-state index is 13.3. The Hall–Kier alpha value is -3.06. The molecule has 29 heavy (non-hydrogen) atoms. The highest BCUT2D eigenvalue weighted by atomic mass is 19.1. The van der Waals surface area contributed by atoms with Crippen molar-refractivity contribution in [2.45, 2.75) is 32.2 Å². The van der Waals surface area contributed by atoms with Gasteiger partial charge in [-0.15, -0.1) is 0 Å². The van der Waals surface area contributed by atoms with Gasteiger partial charge in [-0.2, -0.15) is 5.10 Å². The van der Waals surface area contributed by atoms with Crippen molar-refractivity contribution < 1.29 is 9.13 Å². The first-order chi connectivity index (χ1) is 14.2. The second-order valence-corrected chi connectivity index (χ2v) is 7.06. The minimum Gasteiger partial charge on any atom is -0.381 e. The Morgan fingerprint density at radius 2 is 1.93 bits per heavy atom. The number of pyridine rings is 1. The Morgan fingerprint density at radius 3 is 2.66 bits per heavy atom. The quantitative estimate of drug-likeness (QED) is 0.607. The van der Waals surface area contributed by atoms with E-state index in [1.807, 2.05) is 25.1 Å². The van der Waals surface area contributed by atoms with E-state index in [-0.39, 0.29) is 11.9 Å². The van der Waals surface area contributed by atoms with E-state index in [0.29, 0.717) is 18.0 Å². The highest BCUT2D eigenvalue weighted by molar-refractivity contribution is 6.02. The number of benzene rings is 1. The monoisotopic (exact) mass is 393 g/mol. The maximum Gasteiger partial charge on any atom is 0.136 e. The van der Waals surface area contributed by atoms with Gasteiger partial charge in [0.1, 0.15) is 11.6 Å². The lowest BCUT2D eigenvalue weighted by Crippen LogP contribution is -2.29. The predicted octanol–water partition coefficient (Wildman–Crippen LogP) is 4.44. The smallest absolute Gasteiger partial charge is 0.136 e. The van der Waals surface area contributed by atoms with Gasteiger partial charge in [-0.3, -0.25) is 0 Å². The van der Waals surface area contributed by atoms with E-state index >= 15 is 0 Å². The van der Waals surface area contributed by atoms with Crippen LogP contribution in [-0.4, -0.2) is 39.7 Å². The van der Waals surface area contributed by atoms with Gasteiger partial charge in [-0.05, 0) is 61.7 Å². The van der Waals surface area contributed by atoms with E-state index in [2.05, 4.69) is 10.4 Å². The zero-order valence-corrected chi connectivity index (χ0v) is 16.4. The summed E-state index contributed by atoms with van der Waals surface area (Å²) in [5.41, 5.74) is 3.68. The number of aromatic nitrogens is 3. The van der Waals surface area contributed by atoms with Crippen LogP contribution in [0.1, 0.15) is 31.7 Å². The number of nitrogens with one attached hydrogen (secondary N) is 2. The van der Waals surface area contributed by atoms with Crippen LogP contribution in [0.3, 0.4) is 0 Å². The first-order valence-corrected chi connectivity index (χ1v) is 9.89. The van der Waals surface area contributed by atoms with E-state index < -0.39 is 0 Å². The fraction of sp³-hybridized carbons (Fsp3) is 0.318. The average molecular weight is 393 g/mol. The van der Waals surface area contributed by atoms with Gasteiger partial charge < -0.3 is 15.5 Å². The number of ether oxygens (including phenoxy) is 1. The lowest BCUT2D eigenvalue weighted by Gasteiger charge is -2.25. The van der Waals surface area contributed by atoms with Gasteiger partial charge in [0.05, 0.1) is 23.3 Å². The lowest BCUT2D eigenvalue weighted by atomic mass is 10.1. The average Bonchev–Trinajstić information content (AvgIpc) is 3.24. The van der Waals surface area contributed by atoms with Crippen molar-refractivity contribution in [1.82, 2.24) is 14.8 Å². The van der Waals surface area contributed by atoms with Gasteiger partial charge in [-0.1, -0.05) is 6.92 Å². The molecule has 0 spiro atoms. The zero-order chi connectivity index (χ0) is 20.2. The van der Waals surface area contributed by atoms with Crippen LogP contribution in [-0.2, 0) is 4.74 Å². The second-order valence-electron chi connectivity index (χ2n) is 7.06. The summed E-state index contributed by atoms with van der Waals surface area (Å²) in [6.07, 6.45) is 4.17. The zero-order valence-electron chi connectivity index (χ0n) is 16.4. The van der Waals surface area contributed by atoms with Crippen molar-refractivity contribution in [2.24, 2.45) is 0 Å². The van der Waals surface area contributed by atoms with E-state index in [9.17, 15) is 4.39 Å². The molecule has 0 unspecified atom stereocenters. The van der Waals surface area contributed by atoms with Crippen molar-refractivity contribution >= 4 is 11.5 Å². The van der Waals surface area contributed by atoms with E-state index in [1.54, 1.807) is 23.0 Å². The number of nitrogens with zero attached hydrogens (tertiary/aromatic N) is 3. The second kappa shape index (κ2) is 8.53. The molecule has 0 radical (unpaired) electrons. The standard InChI is InChI=1S/C22H24FN5O/c1-2-19(24)18-7-8-20(27-22(18)26-16-10-13-29-14-11-16)21-9-12-25-28(21)17-5-3-15(23)4-6-17/h3-9,12,16,24H,2,10-11,13-14H2,1H3,(H,26,27). The highest BCUT2D eigenvalue weighted by Gasteiger charge is 2.19. The molecular formula is C22H24FN5O. The molecule has 2 N–H and O–H groups in total. The SMILES string of the molecule is CCC(=N)c1ccc(-c2ccnn2-c2ccc(F)cc2)nc1NC1CCOCC1. The number of anilines is 1. The molecule has 0 atom stereocenters. The lowest BCUT2D eigenvalue weighted by molar-refractivity contribution is 0.0904. The fourth-order valence-electron chi connectivity index (χ4n) is 3.47. The molecule has 0 aliphatic carbocycles. The number of hydrogen-bond donors (Lipinski definition) is 2. The minimum absolute atomic E-state index is 0.275. The topological polar surface area (TPSA) is 75.8 Å². The molecular weight excluding hydrogens is 369 g/mol. The fourth-order valence-corrected chi connectivity index (χ4v) is 3.47. The molecule has 150 valence electrons. The molecule has 0 saturated carbocycles. The highest BCUT2D eigenvalue weighted by Crippen LogP contribution is 2.26. The first-order valence-electron chi connectivity index (χ1n) is 9.89. The summed E-state index contributed by atoms with van der Waals surface area (Å²) in [4.78, 5) is 4.85. The van der Waals surface area contributed by atoms with Crippen molar-refractivity contribution in [3.63, 3.8) is 0 Å². The Labute approximate surface area is 169 Å². The molecule has 3 aromatic rings. The van der Waals surface area contributed by atoms with Gasteiger partial charge in [0.25, 0.3) is 0 Å². The minimum atomic E-state index is -0.286. The summed E-state index contributed by atoms with van der Waals surface area (Å²) >= 11 is 0.